The Kier molecular flexibility index (Phi) is 4.61. The maximum Gasteiger partial charge on any atom is 0.221 e. The van der Waals surface area contributed by atoms with E-state index in [-0.39, 0.29) is 11.9 Å². The maximum atomic E-state index is 11.7. The SMILES string of the molecule is CC(C)NC(=O)CCN1CCC(=NO)c2ccccc21. The Morgan fingerprint density at radius 3 is 2.90 bits per heavy atom. The summed E-state index contributed by atoms with van der Waals surface area (Å²) in [5, 5.41) is 15.3. The fraction of sp³-hybridized carbons (Fsp3) is 0.467. The van der Waals surface area contributed by atoms with Crippen molar-refractivity contribution in [2.45, 2.75) is 32.7 Å². The Morgan fingerprint density at radius 2 is 2.20 bits per heavy atom. The Hall–Kier alpha value is -2.04. The highest BCUT2D eigenvalue weighted by molar-refractivity contribution is 6.06. The lowest BCUT2D eigenvalue weighted by Gasteiger charge is -2.31. The fourth-order valence-corrected chi connectivity index (χ4v) is 2.46. The van der Waals surface area contributed by atoms with E-state index >= 15 is 0 Å². The minimum atomic E-state index is 0.0686. The standard InChI is InChI=1S/C15H21N3O2/c1-11(2)16-15(19)8-10-18-9-7-13(17-20)12-5-3-4-6-14(12)18/h3-6,11,20H,7-10H2,1-2H3,(H,16,19). The summed E-state index contributed by atoms with van der Waals surface area (Å²) in [6.07, 6.45) is 1.16. The molecular weight excluding hydrogens is 254 g/mol. The van der Waals surface area contributed by atoms with Gasteiger partial charge in [0.25, 0.3) is 0 Å². The number of rotatable bonds is 4. The number of carbonyl (C=O) groups excluding carboxylic acids is 1. The molecule has 0 aromatic heterocycles. The van der Waals surface area contributed by atoms with Crippen molar-refractivity contribution in [2.24, 2.45) is 5.16 Å². The first-order valence-corrected chi connectivity index (χ1v) is 6.96. The van der Waals surface area contributed by atoms with Crippen molar-refractivity contribution >= 4 is 17.3 Å². The van der Waals surface area contributed by atoms with Gasteiger partial charge in [-0.2, -0.15) is 0 Å². The third-order valence-electron chi connectivity index (χ3n) is 3.35. The van der Waals surface area contributed by atoms with Crippen LogP contribution in [-0.4, -0.2) is 36.0 Å². The van der Waals surface area contributed by atoms with Crippen molar-refractivity contribution in [3.05, 3.63) is 29.8 Å². The van der Waals surface area contributed by atoms with Gasteiger partial charge in [0.2, 0.25) is 5.91 Å². The summed E-state index contributed by atoms with van der Waals surface area (Å²) in [4.78, 5) is 13.9. The number of anilines is 1. The lowest BCUT2D eigenvalue weighted by atomic mass is 9.99. The number of oxime groups is 1. The van der Waals surface area contributed by atoms with E-state index in [1.54, 1.807) is 0 Å². The Bertz CT molecular complexity index is 512. The van der Waals surface area contributed by atoms with Crippen LogP contribution in [0.1, 0.15) is 32.3 Å². The van der Waals surface area contributed by atoms with Crippen molar-refractivity contribution in [3.8, 4) is 0 Å². The third kappa shape index (κ3) is 3.29. The topological polar surface area (TPSA) is 64.9 Å². The van der Waals surface area contributed by atoms with Crippen LogP contribution >= 0.6 is 0 Å². The molecule has 2 rings (SSSR count). The number of amides is 1. The Morgan fingerprint density at radius 1 is 1.45 bits per heavy atom. The van der Waals surface area contributed by atoms with E-state index in [0.717, 1.165) is 17.8 Å². The van der Waals surface area contributed by atoms with Gasteiger partial charge in [-0.3, -0.25) is 4.79 Å². The molecule has 5 heteroatoms. The normalized spacial score (nSPS) is 16.4. The van der Waals surface area contributed by atoms with Gasteiger partial charge in [0, 0.05) is 43.2 Å². The molecule has 20 heavy (non-hydrogen) atoms. The minimum absolute atomic E-state index is 0.0686. The molecular formula is C15H21N3O2. The fourth-order valence-electron chi connectivity index (χ4n) is 2.46. The lowest BCUT2D eigenvalue weighted by Crippen LogP contribution is -2.37. The van der Waals surface area contributed by atoms with Gasteiger partial charge in [0.15, 0.2) is 0 Å². The summed E-state index contributed by atoms with van der Waals surface area (Å²) < 4.78 is 0. The molecule has 0 unspecified atom stereocenters. The molecule has 5 nitrogen and oxygen atoms in total. The monoisotopic (exact) mass is 275 g/mol. The van der Waals surface area contributed by atoms with Crippen LogP contribution in [0.2, 0.25) is 0 Å². The first kappa shape index (κ1) is 14.4. The molecule has 0 saturated heterocycles. The number of carbonyl (C=O) groups is 1. The number of hydrogen-bond acceptors (Lipinski definition) is 4. The molecule has 0 radical (unpaired) electrons. The summed E-state index contributed by atoms with van der Waals surface area (Å²) in [5.41, 5.74) is 2.69. The highest BCUT2D eigenvalue weighted by atomic mass is 16.4. The van der Waals surface area contributed by atoms with E-state index in [1.807, 2.05) is 38.1 Å². The predicted octanol–water partition coefficient (Wildman–Crippen LogP) is 1.99. The Balaban J connectivity index is 2.05. The van der Waals surface area contributed by atoms with Crippen molar-refractivity contribution in [2.75, 3.05) is 18.0 Å². The number of hydrogen-bond donors (Lipinski definition) is 2. The molecule has 108 valence electrons. The van der Waals surface area contributed by atoms with E-state index in [2.05, 4.69) is 15.4 Å². The first-order chi connectivity index (χ1) is 9.61. The zero-order valence-electron chi connectivity index (χ0n) is 12.0. The largest absolute Gasteiger partial charge is 0.411 e. The molecule has 1 aromatic rings. The van der Waals surface area contributed by atoms with Gasteiger partial charge in [-0.25, -0.2) is 0 Å². The van der Waals surface area contributed by atoms with Crippen molar-refractivity contribution in [1.82, 2.24) is 5.32 Å². The summed E-state index contributed by atoms with van der Waals surface area (Å²) in [7, 11) is 0. The maximum absolute atomic E-state index is 11.7. The number of nitrogens with one attached hydrogen (secondary N) is 1. The summed E-state index contributed by atoms with van der Waals surface area (Å²) in [5.74, 6) is 0.0686. The van der Waals surface area contributed by atoms with Gasteiger partial charge >= 0.3 is 0 Å². The highest BCUT2D eigenvalue weighted by Crippen LogP contribution is 2.27. The second-order valence-electron chi connectivity index (χ2n) is 5.27. The smallest absolute Gasteiger partial charge is 0.221 e. The third-order valence-corrected chi connectivity index (χ3v) is 3.35. The second kappa shape index (κ2) is 6.41. The van der Waals surface area contributed by atoms with Gasteiger partial charge in [-0.1, -0.05) is 23.4 Å². The number of para-hydroxylation sites is 1. The van der Waals surface area contributed by atoms with Crippen molar-refractivity contribution in [1.29, 1.82) is 0 Å². The van der Waals surface area contributed by atoms with Crippen LogP contribution in [0.5, 0.6) is 0 Å². The van der Waals surface area contributed by atoms with Gasteiger partial charge < -0.3 is 15.4 Å². The average Bonchev–Trinajstić information content (AvgIpc) is 2.44. The second-order valence-corrected chi connectivity index (χ2v) is 5.27. The molecule has 0 saturated carbocycles. The number of benzene rings is 1. The van der Waals surface area contributed by atoms with E-state index in [0.29, 0.717) is 25.1 Å². The molecule has 2 N–H and O–H groups in total. The van der Waals surface area contributed by atoms with Crippen molar-refractivity contribution in [3.63, 3.8) is 0 Å². The van der Waals surface area contributed by atoms with Gasteiger partial charge in [-0.05, 0) is 19.9 Å². The summed E-state index contributed by atoms with van der Waals surface area (Å²) in [6.45, 7) is 5.36. The molecule has 0 aliphatic carbocycles. The van der Waals surface area contributed by atoms with Crippen LogP contribution in [-0.2, 0) is 4.79 Å². The van der Waals surface area contributed by atoms with Gasteiger partial charge in [-0.15, -0.1) is 0 Å². The molecule has 1 aromatic carbocycles. The molecule has 0 spiro atoms. The molecule has 1 amide bonds. The summed E-state index contributed by atoms with van der Waals surface area (Å²) >= 11 is 0. The van der Waals surface area contributed by atoms with Crippen LogP contribution in [0.25, 0.3) is 0 Å². The molecule has 1 aliphatic rings. The van der Waals surface area contributed by atoms with E-state index in [9.17, 15) is 4.79 Å². The molecule has 0 fully saturated rings. The quantitative estimate of drug-likeness (QED) is 0.652. The first-order valence-electron chi connectivity index (χ1n) is 6.96. The van der Waals surface area contributed by atoms with Crippen LogP contribution in [0.4, 0.5) is 5.69 Å². The predicted molar refractivity (Wildman–Crippen MR) is 79.5 cm³/mol. The zero-order valence-corrected chi connectivity index (χ0v) is 12.0. The van der Waals surface area contributed by atoms with E-state index in [1.165, 1.54) is 0 Å². The molecule has 1 heterocycles. The lowest BCUT2D eigenvalue weighted by molar-refractivity contribution is -0.121. The number of fused-ring (bicyclic) bond motifs is 1. The van der Waals surface area contributed by atoms with E-state index < -0.39 is 0 Å². The average molecular weight is 275 g/mol. The van der Waals surface area contributed by atoms with Crippen molar-refractivity contribution < 1.29 is 10.0 Å². The summed E-state index contributed by atoms with van der Waals surface area (Å²) in [6, 6.07) is 8.01. The molecule has 0 bridgehead atoms. The Labute approximate surface area is 119 Å². The van der Waals surface area contributed by atoms with Crippen LogP contribution < -0.4 is 10.2 Å². The highest BCUT2D eigenvalue weighted by Gasteiger charge is 2.21. The molecule has 1 aliphatic heterocycles. The van der Waals surface area contributed by atoms with Crippen LogP contribution in [0.3, 0.4) is 0 Å². The van der Waals surface area contributed by atoms with Crippen LogP contribution in [0.15, 0.2) is 29.4 Å². The molecule has 0 atom stereocenters. The zero-order chi connectivity index (χ0) is 14.5. The van der Waals surface area contributed by atoms with Gasteiger partial charge in [0.05, 0.1) is 5.71 Å². The minimum Gasteiger partial charge on any atom is -0.411 e. The van der Waals surface area contributed by atoms with Crippen LogP contribution in [0, 0.1) is 0 Å². The number of nitrogens with zero attached hydrogens (tertiary/aromatic N) is 2. The van der Waals surface area contributed by atoms with E-state index in [4.69, 9.17) is 5.21 Å². The van der Waals surface area contributed by atoms with Gasteiger partial charge in [0.1, 0.15) is 0 Å².